The molecule has 0 amide bonds. The minimum absolute atomic E-state index is 0.0394. The smallest absolute Gasteiger partial charge is 0.179 e. The number of rotatable bonds is 5. The second-order valence-electron chi connectivity index (χ2n) is 7.81. The Morgan fingerprint density at radius 1 is 1.04 bits per heavy atom. The molecule has 152 valence electrons. The Morgan fingerprint density at radius 3 is 2.29 bits per heavy atom. The van der Waals surface area contributed by atoms with Crippen LogP contribution in [-0.2, 0) is 9.84 Å². The molecule has 2 aromatic carbocycles. The second-order valence-corrected chi connectivity index (χ2v) is 9.77. The van der Waals surface area contributed by atoms with Gasteiger partial charge < -0.3 is 15.3 Å². The van der Waals surface area contributed by atoms with Crippen molar-refractivity contribution in [2.24, 2.45) is 5.41 Å². The van der Waals surface area contributed by atoms with Crippen molar-refractivity contribution in [1.29, 1.82) is 0 Å². The molecule has 3 rings (SSSR count). The lowest BCUT2D eigenvalue weighted by molar-refractivity contribution is 0.0174. The maximum absolute atomic E-state index is 13.3. The van der Waals surface area contributed by atoms with Gasteiger partial charge in [0.25, 0.3) is 0 Å². The van der Waals surface area contributed by atoms with Gasteiger partial charge in [0.2, 0.25) is 0 Å². The van der Waals surface area contributed by atoms with E-state index in [1.54, 1.807) is 12.1 Å². The summed E-state index contributed by atoms with van der Waals surface area (Å²) in [5, 5.41) is 31.3. The van der Waals surface area contributed by atoms with Crippen molar-refractivity contribution in [3.8, 4) is 11.5 Å². The van der Waals surface area contributed by atoms with Gasteiger partial charge in [-0.2, -0.15) is 0 Å². The van der Waals surface area contributed by atoms with Crippen LogP contribution in [0.3, 0.4) is 0 Å². The molecule has 3 atom stereocenters. The fraction of sp³-hybridized carbons (Fsp3) is 0.455. The Hall–Kier alpha value is -2.05. The molecule has 5 nitrogen and oxygen atoms in total. The van der Waals surface area contributed by atoms with Gasteiger partial charge in [0.15, 0.2) is 9.84 Å². The van der Waals surface area contributed by atoms with E-state index in [9.17, 15) is 23.7 Å². The summed E-state index contributed by atoms with van der Waals surface area (Å²) in [6, 6.07) is 10.7. The number of aromatic hydroxyl groups is 2. The van der Waals surface area contributed by atoms with Gasteiger partial charge in [0.1, 0.15) is 11.5 Å². The number of aliphatic hydroxyl groups excluding tert-OH is 1. The number of phenolic OH excluding ortho intramolecular Hbond substituents is 2. The van der Waals surface area contributed by atoms with Crippen molar-refractivity contribution in [3.63, 3.8) is 0 Å². The van der Waals surface area contributed by atoms with Crippen LogP contribution in [0, 0.1) is 5.41 Å². The molecule has 3 N–H and O–H groups in total. The molecule has 1 aliphatic rings. The van der Waals surface area contributed by atoms with Crippen LogP contribution in [0.25, 0.3) is 0 Å². The molecule has 3 unspecified atom stereocenters. The molecular weight excluding hydrogens is 376 g/mol. The van der Waals surface area contributed by atoms with Crippen LogP contribution in [0.4, 0.5) is 0 Å². The first kappa shape index (κ1) is 20.7. The zero-order chi connectivity index (χ0) is 20.5. The molecule has 0 aromatic heterocycles. The standard InChI is InChI=1S/C22H28O5S/c1-3-5-12-22(4-2)14-28(26,27)19-11-10-17(24)13-18(19)20(21(22)25)15-6-8-16(23)9-7-15/h6-11,13,20-21,23-25H,3-5,12,14H2,1-2H3. The van der Waals surface area contributed by atoms with E-state index in [0.29, 0.717) is 24.0 Å². The average molecular weight is 405 g/mol. The van der Waals surface area contributed by atoms with E-state index >= 15 is 0 Å². The second kappa shape index (κ2) is 7.76. The summed E-state index contributed by atoms with van der Waals surface area (Å²) in [6.07, 6.45) is 1.93. The molecule has 0 aliphatic carbocycles. The third-order valence-corrected chi connectivity index (χ3v) is 8.07. The summed E-state index contributed by atoms with van der Waals surface area (Å²) < 4.78 is 26.6. The van der Waals surface area contributed by atoms with E-state index in [-0.39, 0.29) is 22.1 Å². The Bertz CT molecular complexity index is 936. The van der Waals surface area contributed by atoms with Crippen LogP contribution in [0.5, 0.6) is 11.5 Å². The molecule has 0 radical (unpaired) electrons. The van der Waals surface area contributed by atoms with E-state index in [1.807, 2.05) is 13.8 Å². The Morgan fingerprint density at radius 2 is 1.68 bits per heavy atom. The number of sulfone groups is 1. The summed E-state index contributed by atoms with van der Waals surface area (Å²) in [4.78, 5) is 0.161. The van der Waals surface area contributed by atoms with E-state index < -0.39 is 27.3 Å². The highest BCUT2D eigenvalue weighted by Crippen LogP contribution is 2.49. The number of phenols is 2. The van der Waals surface area contributed by atoms with Gasteiger partial charge in [-0.25, -0.2) is 8.42 Å². The fourth-order valence-electron chi connectivity index (χ4n) is 4.41. The van der Waals surface area contributed by atoms with Gasteiger partial charge in [-0.1, -0.05) is 38.8 Å². The molecule has 28 heavy (non-hydrogen) atoms. The van der Waals surface area contributed by atoms with Crippen molar-refractivity contribution in [2.45, 2.75) is 56.4 Å². The summed E-state index contributed by atoms with van der Waals surface area (Å²) in [7, 11) is -3.65. The maximum Gasteiger partial charge on any atom is 0.179 e. The molecule has 2 aromatic rings. The van der Waals surface area contributed by atoms with Crippen molar-refractivity contribution < 1.29 is 23.7 Å². The van der Waals surface area contributed by atoms with E-state index in [0.717, 1.165) is 12.8 Å². The van der Waals surface area contributed by atoms with Gasteiger partial charge in [0, 0.05) is 11.3 Å². The van der Waals surface area contributed by atoms with Crippen LogP contribution in [-0.4, -0.2) is 35.6 Å². The first-order chi connectivity index (χ1) is 13.2. The Labute approximate surface area is 166 Å². The molecule has 0 saturated heterocycles. The number of hydrogen-bond acceptors (Lipinski definition) is 5. The third kappa shape index (κ3) is 3.63. The minimum atomic E-state index is -3.65. The zero-order valence-corrected chi connectivity index (χ0v) is 17.1. The molecule has 6 heteroatoms. The highest BCUT2D eigenvalue weighted by molar-refractivity contribution is 7.91. The zero-order valence-electron chi connectivity index (χ0n) is 16.3. The first-order valence-electron chi connectivity index (χ1n) is 9.77. The lowest BCUT2D eigenvalue weighted by Gasteiger charge is -2.39. The lowest BCUT2D eigenvalue weighted by Crippen LogP contribution is -2.42. The number of fused-ring (bicyclic) bond motifs is 1. The molecular formula is C22H28O5S. The van der Waals surface area contributed by atoms with Crippen molar-refractivity contribution in [2.75, 3.05) is 5.75 Å². The molecule has 0 spiro atoms. The van der Waals surface area contributed by atoms with Crippen molar-refractivity contribution in [3.05, 3.63) is 53.6 Å². The quantitative estimate of drug-likeness (QED) is 0.701. The SMILES string of the molecule is CCCCC1(CC)CS(=O)(=O)c2ccc(O)cc2C(c2ccc(O)cc2)C1O. The normalized spacial score (nSPS) is 26.4. The predicted molar refractivity (Wildman–Crippen MR) is 108 cm³/mol. The summed E-state index contributed by atoms with van der Waals surface area (Å²) in [5.74, 6) is -0.674. The predicted octanol–water partition coefficient (Wildman–Crippen LogP) is 3.96. The number of aliphatic hydroxyl groups is 1. The highest BCUT2D eigenvalue weighted by Gasteiger charge is 2.48. The highest BCUT2D eigenvalue weighted by atomic mass is 32.2. The van der Waals surface area contributed by atoms with Gasteiger partial charge in [-0.3, -0.25) is 0 Å². The largest absolute Gasteiger partial charge is 0.508 e. The topological polar surface area (TPSA) is 94.8 Å². The molecule has 0 fully saturated rings. The van der Waals surface area contributed by atoms with Gasteiger partial charge in [-0.15, -0.1) is 0 Å². The van der Waals surface area contributed by atoms with Crippen LogP contribution in [0.15, 0.2) is 47.4 Å². The van der Waals surface area contributed by atoms with Gasteiger partial charge >= 0.3 is 0 Å². The molecule has 1 aliphatic heterocycles. The van der Waals surface area contributed by atoms with Gasteiger partial charge in [0.05, 0.1) is 16.8 Å². The van der Waals surface area contributed by atoms with E-state index in [1.165, 1.54) is 30.3 Å². The summed E-state index contributed by atoms with van der Waals surface area (Å²) in [5.41, 5.74) is 0.333. The van der Waals surface area contributed by atoms with Crippen LogP contribution in [0.2, 0.25) is 0 Å². The van der Waals surface area contributed by atoms with E-state index in [4.69, 9.17) is 0 Å². The van der Waals surface area contributed by atoms with Crippen molar-refractivity contribution >= 4 is 9.84 Å². The average Bonchev–Trinajstić information content (AvgIpc) is 2.72. The van der Waals surface area contributed by atoms with Gasteiger partial charge in [-0.05, 0) is 54.3 Å². The summed E-state index contributed by atoms with van der Waals surface area (Å²) >= 11 is 0. The van der Waals surface area contributed by atoms with Crippen LogP contribution >= 0.6 is 0 Å². The number of unbranched alkanes of at least 4 members (excludes halogenated alkanes) is 1. The lowest BCUT2D eigenvalue weighted by atomic mass is 9.69. The third-order valence-electron chi connectivity index (χ3n) is 6.07. The molecule has 0 bridgehead atoms. The van der Waals surface area contributed by atoms with E-state index in [2.05, 4.69) is 0 Å². The Kier molecular flexibility index (Phi) is 5.73. The number of benzene rings is 2. The van der Waals surface area contributed by atoms with Crippen LogP contribution < -0.4 is 0 Å². The fourth-order valence-corrected chi connectivity index (χ4v) is 6.66. The minimum Gasteiger partial charge on any atom is -0.508 e. The van der Waals surface area contributed by atoms with Crippen LogP contribution in [0.1, 0.15) is 56.6 Å². The molecule has 1 heterocycles. The first-order valence-corrected chi connectivity index (χ1v) is 11.4. The molecule has 0 saturated carbocycles. The maximum atomic E-state index is 13.3. The monoisotopic (exact) mass is 404 g/mol. The Balaban J connectivity index is 2.28. The summed E-state index contributed by atoms with van der Waals surface area (Å²) in [6.45, 7) is 3.97. The number of hydrogen-bond donors (Lipinski definition) is 3. The van der Waals surface area contributed by atoms with Crippen molar-refractivity contribution in [1.82, 2.24) is 0 Å².